The Bertz CT molecular complexity index is 608. The fourth-order valence-corrected chi connectivity index (χ4v) is 4.78. The molecule has 2 heterocycles. The molecule has 0 aromatic carbocycles. The molecule has 5 nitrogen and oxygen atoms in total. The highest BCUT2D eigenvalue weighted by Gasteiger charge is 2.35. The molecule has 1 aromatic rings. The monoisotopic (exact) mass is 363 g/mol. The Hall–Kier alpha value is -1.43. The third kappa shape index (κ3) is 4.60. The number of anilines is 1. The second-order valence-corrected chi connectivity index (χ2v) is 8.52. The average Bonchev–Trinajstić information content (AvgIpc) is 3.25. The molecule has 1 aliphatic carbocycles. The number of rotatable bonds is 5. The summed E-state index contributed by atoms with van der Waals surface area (Å²) in [6.07, 6.45) is 9.15. The van der Waals surface area contributed by atoms with Gasteiger partial charge in [-0.1, -0.05) is 33.1 Å². The van der Waals surface area contributed by atoms with Crippen LogP contribution < -0.4 is 5.32 Å². The van der Waals surface area contributed by atoms with E-state index >= 15 is 0 Å². The topological polar surface area (TPSA) is 62.3 Å². The van der Waals surface area contributed by atoms with Gasteiger partial charge in [0.25, 0.3) is 0 Å². The lowest BCUT2D eigenvalue weighted by atomic mass is 9.83. The van der Waals surface area contributed by atoms with Gasteiger partial charge < -0.3 is 10.2 Å². The number of amides is 2. The first-order valence-electron chi connectivity index (χ1n) is 9.59. The summed E-state index contributed by atoms with van der Waals surface area (Å²) in [5.41, 5.74) is 0.767. The van der Waals surface area contributed by atoms with Crippen molar-refractivity contribution in [1.29, 1.82) is 0 Å². The first-order chi connectivity index (χ1) is 12.0. The third-order valence-corrected chi connectivity index (χ3v) is 6.26. The van der Waals surface area contributed by atoms with Gasteiger partial charge >= 0.3 is 0 Å². The van der Waals surface area contributed by atoms with Crippen LogP contribution in [0.2, 0.25) is 0 Å². The molecule has 0 radical (unpaired) electrons. The second kappa shape index (κ2) is 8.30. The fraction of sp³-hybridized carbons (Fsp3) is 0.737. The number of nitrogens with one attached hydrogen (secondary N) is 1. The average molecular weight is 364 g/mol. The number of carbonyl (C=O) groups is 2. The van der Waals surface area contributed by atoms with E-state index < -0.39 is 0 Å². The molecule has 1 saturated carbocycles. The highest BCUT2D eigenvalue weighted by Crippen LogP contribution is 2.34. The molecule has 2 aliphatic rings. The Morgan fingerprint density at radius 3 is 2.72 bits per heavy atom. The highest BCUT2D eigenvalue weighted by molar-refractivity contribution is 7.13. The summed E-state index contributed by atoms with van der Waals surface area (Å²) in [6.45, 7) is 4.60. The van der Waals surface area contributed by atoms with Gasteiger partial charge in [0.2, 0.25) is 11.8 Å². The maximum absolute atomic E-state index is 12.8. The van der Waals surface area contributed by atoms with E-state index in [0.717, 1.165) is 25.1 Å². The van der Waals surface area contributed by atoms with Crippen LogP contribution >= 0.6 is 11.3 Å². The highest BCUT2D eigenvalue weighted by atomic mass is 32.1. The standard InChI is InChI=1S/C19H29N3O2S/c1-13(2)18(24)21-19-20-15(12-25-19)11-17(23)22-10-6-9-16(22)14-7-4-3-5-8-14/h12-14,16H,3-11H2,1-2H3,(H,20,21,24)/t16-/m0/s1. The van der Waals surface area contributed by atoms with Gasteiger partial charge in [0.05, 0.1) is 12.1 Å². The number of thiazole rings is 1. The summed E-state index contributed by atoms with van der Waals surface area (Å²) in [5.74, 6) is 0.774. The molecular formula is C19H29N3O2S. The number of hydrogen-bond acceptors (Lipinski definition) is 4. The van der Waals surface area contributed by atoms with Crippen LogP contribution in [0.4, 0.5) is 5.13 Å². The van der Waals surface area contributed by atoms with Crippen molar-refractivity contribution in [2.75, 3.05) is 11.9 Å². The lowest BCUT2D eigenvalue weighted by Crippen LogP contribution is -2.41. The van der Waals surface area contributed by atoms with Crippen LogP contribution in [-0.2, 0) is 16.0 Å². The molecule has 2 amide bonds. The van der Waals surface area contributed by atoms with E-state index in [4.69, 9.17) is 0 Å². The molecule has 1 aliphatic heterocycles. The Balaban J connectivity index is 1.58. The molecule has 25 heavy (non-hydrogen) atoms. The van der Waals surface area contributed by atoms with Gasteiger partial charge in [0.1, 0.15) is 0 Å². The van der Waals surface area contributed by atoms with Crippen molar-refractivity contribution in [3.8, 4) is 0 Å². The molecule has 1 aromatic heterocycles. The van der Waals surface area contributed by atoms with Crippen molar-refractivity contribution < 1.29 is 9.59 Å². The number of hydrogen-bond donors (Lipinski definition) is 1. The zero-order chi connectivity index (χ0) is 17.8. The van der Waals surface area contributed by atoms with Gasteiger partial charge in [-0.3, -0.25) is 9.59 Å². The quantitative estimate of drug-likeness (QED) is 0.864. The van der Waals surface area contributed by atoms with Crippen LogP contribution in [-0.4, -0.2) is 34.3 Å². The van der Waals surface area contributed by atoms with Crippen molar-refractivity contribution in [1.82, 2.24) is 9.88 Å². The van der Waals surface area contributed by atoms with E-state index in [1.165, 1.54) is 43.4 Å². The molecule has 0 spiro atoms. The van der Waals surface area contributed by atoms with Crippen molar-refractivity contribution in [3.05, 3.63) is 11.1 Å². The lowest BCUT2D eigenvalue weighted by molar-refractivity contribution is -0.132. The molecule has 0 bridgehead atoms. The second-order valence-electron chi connectivity index (χ2n) is 7.66. The van der Waals surface area contributed by atoms with E-state index in [0.29, 0.717) is 23.5 Å². The molecule has 1 N–H and O–H groups in total. The van der Waals surface area contributed by atoms with Gasteiger partial charge in [-0.05, 0) is 31.6 Å². The summed E-state index contributed by atoms with van der Waals surface area (Å²) in [7, 11) is 0. The predicted molar refractivity (Wildman–Crippen MR) is 101 cm³/mol. The summed E-state index contributed by atoms with van der Waals surface area (Å²) in [5, 5.41) is 5.29. The summed E-state index contributed by atoms with van der Waals surface area (Å²) in [6, 6.07) is 0.437. The van der Waals surface area contributed by atoms with E-state index in [1.807, 2.05) is 19.2 Å². The van der Waals surface area contributed by atoms with E-state index in [1.54, 1.807) is 0 Å². The predicted octanol–water partition coefficient (Wildman–Crippen LogP) is 3.85. The fourth-order valence-electron chi connectivity index (χ4n) is 4.06. The van der Waals surface area contributed by atoms with Crippen LogP contribution in [0, 0.1) is 11.8 Å². The van der Waals surface area contributed by atoms with Crippen LogP contribution in [0.5, 0.6) is 0 Å². The number of carbonyl (C=O) groups excluding carboxylic acids is 2. The Morgan fingerprint density at radius 1 is 1.24 bits per heavy atom. The van der Waals surface area contributed by atoms with Gasteiger partial charge in [-0.15, -0.1) is 11.3 Å². The van der Waals surface area contributed by atoms with Crippen molar-refractivity contribution in [2.24, 2.45) is 11.8 Å². The van der Waals surface area contributed by atoms with Crippen LogP contribution in [0.1, 0.15) is 64.5 Å². The number of nitrogens with zero attached hydrogens (tertiary/aromatic N) is 2. The maximum atomic E-state index is 12.8. The number of likely N-dealkylation sites (tertiary alicyclic amines) is 1. The summed E-state index contributed by atoms with van der Waals surface area (Å²) in [4.78, 5) is 31.1. The zero-order valence-electron chi connectivity index (χ0n) is 15.3. The van der Waals surface area contributed by atoms with Gasteiger partial charge in [0, 0.05) is 23.9 Å². The Labute approximate surface area is 154 Å². The Morgan fingerprint density at radius 2 is 2.00 bits per heavy atom. The third-order valence-electron chi connectivity index (χ3n) is 5.45. The zero-order valence-corrected chi connectivity index (χ0v) is 16.1. The SMILES string of the molecule is CC(C)C(=O)Nc1nc(CC(=O)N2CCC[C@H]2C2CCCCC2)cs1. The van der Waals surface area contributed by atoms with Crippen molar-refractivity contribution >= 4 is 28.3 Å². The first-order valence-corrected chi connectivity index (χ1v) is 10.5. The maximum Gasteiger partial charge on any atom is 0.228 e. The van der Waals surface area contributed by atoms with E-state index in [-0.39, 0.29) is 17.7 Å². The van der Waals surface area contributed by atoms with Gasteiger partial charge in [-0.25, -0.2) is 4.98 Å². The molecular weight excluding hydrogens is 334 g/mol. The molecule has 1 saturated heterocycles. The Kier molecular flexibility index (Phi) is 6.10. The minimum atomic E-state index is -0.0742. The van der Waals surface area contributed by atoms with Crippen LogP contribution in [0.15, 0.2) is 5.38 Å². The van der Waals surface area contributed by atoms with Gasteiger partial charge in [-0.2, -0.15) is 0 Å². The minimum absolute atomic E-state index is 0.0378. The molecule has 3 rings (SSSR count). The van der Waals surface area contributed by atoms with E-state index in [2.05, 4.69) is 15.2 Å². The smallest absolute Gasteiger partial charge is 0.228 e. The molecule has 138 valence electrons. The van der Waals surface area contributed by atoms with Gasteiger partial charge in [0.15, 0.2) is 5.13 Å². The molecule has 2 fully saturated rings. The minimum Gasteiger partial charge on any atom is -0.339 e. The van der Waals surface area contributed by atoms with Crippen molar-refractivity contribution in [2.45, 2.75) is 71.3 Å². The summed E-state index contributed by atoms with van der Waals surface area (Å²) < 4.78 is 0. The van der Waals surface area contributed by atoms with E-state index in [9.17, 15) is 9.59 Å². The molecule has 6 heteroatoms. The number of aromatic nitrogens is 1. The first kappa shape index (κ1) is 18.4. The largest absolute Gasteiger partial charge is 0.339 e. The molecule has 0 unspecified atom stereocenters. The van der Waals surface area contributed by atoms with Crippen LogP contribution in [0.25, 0.3) is 0 Å². The summed E-state index contributed by atoms with van der Waals surface area (Å²) >= 11 is 1.39. The van der Waals surface area contributed by atoms with Crippen molar-refractivity contribution in [3.63, 3.8) is 0 Å². The lowest BCUT2D eigenvalue weighted by Gasteiger charge is -2.34. The molecule has 1 atom stereocenters. The van der Waals surface area contributed by atoms with Crippen LogP contribution in [0.3, 0.4) is 0 Å². The normalized spacial score (nSPS) is 21.7.